The van der Waals surface area contributed by atoms with Crippen molar-refractivity contribution in [2.24, 2.45) is 12.8 Å². The average molecular weight is 531 g/mol. The van der Waals surface area contributed by atoms with Crippen LogP contribution in [-0.4, -0.2) is 32.7 Å². The van der Waals surface area contributed by atoms with E-state index >= 15 is 4.39 Å². The first-order valence-electron chi connectivity index (χ1n) is 11.0. The second-order valence-electron chi connectivity index (χ2n) is 8.36. The van der Waals surface area contributed by atoms with Crippen LogP contribution in [-0.2, 0) is 13.6 Å². The maximum atomic E-state index is 15.5. The maximum absolute atomic E-state index is 15.5. The van der Waals surface area contributed by atoms with Crippen molar-refractivity contribution in [2.45, 2.75) is 32.1 Å². The van der Waals surface area contributed by atoms with E-state index in [2.05, 4.69) is 20.0 Å². The molecule has 0 saturated heterocycles. The number of nitriles is 1. The molecule has 4 aromatic rings. The summed E-state index contributed by atoms with van der Waals surface area (Å²) >= 11 is 6.18. The molecular formula is C24H18ClF3N6O3. The molecule has 1 aliphatic carbocycles. The van der Waals surface area contributed by atoms with Gasteiger partial charge in [-0.25, -0.2) is 9.49 Å². The molecule has 2 aromatic carbocycles. The number of H-pyrrole nitrogens is 1. The Hall–Kier alpha value is -4.08. The van der Waals surface area contributed by atoms with Crippen LogP contribution in [0.2, 0.25) is 5.02 Å². The first kappa shape index (κ1) is 24.6. The van der Waals surface area contributed by atoms with Gasteiger partial charge < -0.3 is 15.2 Å². The van der Waals surface area contributed by atoms with Crippen molar-refractivity contribution in [3.63, 3.8) is 0 Å². The number of halogens is 4. The minimum absolute atomic E-state index is 0.0933. The minimum atomic E-state index is -3.24. The van der Waals surface area contributed by atoms with E-state index in [0.29, 0.717) is 0 Å². The van der Waals surface area contributed by atoms with Gasteiger partial charge in [0.25, 0.3) is 5.56 Å². The molecule has 5 rings (SSSR count). The Kier molecular flexibility index (Phi) is 6.26. The van der Waals surface area contributed by atoms with E-state index in [1.807, 2.05) is 6.07 Å². The zero-order valence-electron chi connectivity index (χ0n) is 19.2. The molecule has 1 fully saturated rings. The highest BCUT2D eigenvalue weighted by molar-refractivity contribution is 6.31. The summed E-state index contributed by atoms with van der Waals surface area (Å²) in [7, 11) is 1.52. The molecule has 37 heavy (non-hydrogen) atoms. The van der Waals surface area contributed by atoms with Crippen LogP contribution in [0.15, 0.2) is 29.2 Å². The lowest BCUT2D eigenvalue weighted by Gasteiger charge is -2.16. The van der Waals surface area contributed by atoms with Gasteiger partial charge in [0.05, 0.1) is 39.7 Å². The minimum Gasteiger partial charge on any atom is -0.489 e. The lowest BCUT2D eigenvalue weighted by molar-refractivity contribution is -0.0488. The van der Waals surface area contributed by atoms with Gasteiger partial charge in [0, 0.05) is 30.6 Å². The molecular weight excluding hydrogens is 513 g/mol. The summed E-state index contributed by atoms with van der Waals surface area (Å²) in [5.41, 5.74) is 5.58. The van der Waals surface area contributed by atoms with Crippen LogP contribution in [0.4, 0.5) is 13.2 Å². The molecule has 0 spiro atoms. The van der Waals surface area contributed by atoms with Gasteiger partial charge in [0.15, 0.2) is 5.82 Å². The van der Waals surface area contributed by atoms with Crippen molar-refractivity contribution >= 4 is 22.4 Å². The Labute approximate surface area is 212 Å². The van der Waals surface area contributed by atoms with Gasteiger partial charge in [-0.3, -0.25) is 9.48 Å². The second-order valence-corrected chi connectivity index (χ2v) is 8.77. The molecule has 0 aliphatic heterocycles. The van der Waals surface area contributed by atoms with Crippen LogP contribution in [0, 0.1) is 17.1 Å². The number of hydrogen-bond acceptors (Lipinski definition) is 7. The Morgan fingerprint density at radius 2 is 2.08 bits per heavy atom. The fourth-order valence-corrected chi connectivity index (χ4v) is 4.35. The fourth-order valence-electron chi connectivity index (χ4n) is 4.15. The summed E-state index contributed by atoms with van der Waals surface area (Å²) in [5, 5.41) is 20.0. The van der Waals surface area contributed by atoms with E-state index in [-0.39, 0.29) is 67.8 Å². The van der Waals surface area contributed by atoms with Crippen LogP contribution in [0.25, 0.3) is 33.2 Å². The normalized spacial score (nSPS) is 13.2. The molecule has 13 heteroatoms. The number of alkyl halides is 2. The van der Waals surface area contributed by atoms with Crippen LogP contribution in [0.1, 0.15) is 24.1 Å². The summed E-state index contributed by atoms with van der Waals surface area (Å²) in [6.45, 7) is -3.35. The van der Waals surface area contributed by atoms with Crippen molar-refractivity contribution in [3.8, 4) is 40.0 Å². The molecule has 0 unspecified atom stereocenters. The monoisotopic (exact) mass is 530 g/mol. The highest BCUT2D eigenvalue weighted by atomic mass is 35.5. The number of ether oxygens (including phenoxy) is 2. The number of nitrogens with two attached hydrogens (primary N) is 1. The number of nitrogens with one attached hydrogen (secondary N) is 1. The highest BCUT2D eigenvalue weighted by Gasteiger charge is 2.30. The van der Waals surface area contributed by atoms with Crippen LogP contribution in [0.3, 0.4) is 0 Å². The summed E-state index contributed by atoms with van der Waals surface area (Å²) in [4.78, 5) is 12.5. The molecule has 0 amide bonds. The molecule has 2 aromatic heterocycles. The number of benzene rings is 2. The van der Waals surface area contributed by atoms with Gasteiger partial charge in [-0.05, 0) is 30.5 Å². The zero-order chi connectivity index (χ0) is 26.4. The molecule has 1 aliphatic rings. The number of nitrogens with zero attached hydrogens (tertiary/aromatic N) is 4. The van der Waals surface area contributed by atoms with E-state index < -0.39 is 23.7 Å². The standard InChI is InChI=1S/C24H18ClF3N6O3/c1-34-22(20-13(7-29)17(36-11-2-3-11)6-15(25)21(20)26)14(9-31-34)10-4-12-16(8-30)32-33-23(35)19(12)18(5-10)37-24(27)28/h4-6,9,11,24H,2-3,8,30H2,1H3,(H,33,35). The van der Waals surface area contributed by atoms with E-state index in [4.69, 9.17) is 22.1 Å². The number of hydrogen-bond donors (Lipinski definition) is 2. The molecule has 3 N–H and O–H groups in total. The van der Waals surface area contributed by atoms with Gasteiger partial charge in [-0.2, -0.15) is 24.2 Å². The average Bonchev–Trinajstić information content (AvgIpc) is 3.59. The first-order valence-corrected chi connectivity index (χ1v) is 11.4. The first-order chi connectivity index (χ1) is 17.7. The predicted molar refractivity (Wildman–Crippen MR) is 128 cm³/mol. The third-order valence-corrected chi connectivity index (χ3v) is 6.22. The van der Waals surface area contributed by atoms with Gasteiger partial charge in [-0.1, -0.05) is 11.6 Å². The SMILES string of the molecule is Cn1ncc(-c2cc(OC(F)F)c3c(=O)[nH]nc(CN)c3c2)c1-c1c(F)c(Cl)cc(OC2CC2)c1C#N. The van der Waals surface area contributed by atoms with Crippen molar-refractivity contribution in [3.05, 3.63) is 56.8 Å². The van der Waals surface area contributed by atoms with Gasteiger partial charge in [0.1, 0.15) is 23.1 Å². The van der Waals surface area contributed by atoms with Gasteiger partial charge in [0.2, 0.25) is 0 Å². The molecule has 0 bridgehead atoms. The summed E-state index contributed by atoms with van der Waals surface area (Å²) in [5.74, 6) is -1.18. The number of aromatic amines is 1. The van der Waals surface area contributed by atoms with Crippen molar-refractivity contribution in [2.75, 3.05) is 0 Å². The van der Waals surface area contributed by atoms with Crippen molar-refractivity contribution < 1.29 is 22.6 Å². The molecule has 9 nitrogen and oxygen atoms in total. The Bertz CT molecular complexity index is 1640. The summed E-state index contributed by atoms with van der Waals surface area (Å²) in [6, 6.07) is 5.95. The quantitative estimate of drug-likeness (QED) is 0.365. The molecule has 190 valence electrons. The van der Waals surface area contributed by atoms with Gasteiger partial charge >= 0.3 is 6.61 Å². The molecule has 2 heterocycles. The van der Waals surface area contributed by atoms with E-state index in [9.17, 15) is 18.8 Å². The topological polar surface area (TPSA) is 132 Å². The van der Waals surface area contributed by atoms with Crippen LogP contribution in [0.5, 0.6) is 11.5 Å². The third kappa shape index (κ3) is 4.36. The van der Waals surface area contributed by atoms with E-state index in [1.165, 1.54) is 36.1 Å². The van der Waals surface area contributed by atoms with Crippen molar-refractivity contribution in [1.82, 2.24) is 20.0 Å². The molecule has 0 atom stereocenters. The molecule has 1 saturated carbocycles. The van der Waals surface area contributed by atoms with E-state index in [1.54, 1.807) is 0 Å². The smallest absolute Gasteiger partial charge is 0.387 e. The zero-order valence-corrected chi connectivity index (χ0v) is 19.9. The third-order valence-electron chi connectivity index (χ3n) is 5.94. The van der Waals surface area contributed by atoms with Crippen molar-refractivity contribution in [1.29, 1.82) is 5.26 Å². The summed E-state index contributed by atoms with van der Waals surface area (Å²) in [6.07, 6.45) is 2.87. The number of fused-ring (bicyclic) bond motifs is 1. The van der Waals surface area contributed by atoms with Crippen LogP contribution >= 0.6 is 11.6 Å². The lowest BCUT2D eigenvalue weighted by Crippen LogP contribution is -2.15. The number of aryl methyl sites for hydroxylation is 1. The molecule has 0 radical (unpaired) electrons. The largest absolute Gasteiger partial charge is 0.489 e. The van der Waals surface area contributed by atoms with Crippen LogP contribution < -0.4 is 20.8 Å². The Morgan fingerprint density at radius 3 is 2.73 bits per heavy atom. The van der Waals surface area contributed by atoms with Gasteiger partial charge in [-0.15, -0.1) is 0 Å². The second kappa shape index (κ2) is 9.42. The summed E-state index contributed by atoms with van der Waals surface area (Å²) < 4.78 is 53.9. The number of rotatable bonds is 7. The fraction of sp³-hybridized carbons (Fsp3) is 0.250. The Morgan fingerprint density at radius 1 is 1.32 bits per heavy atom. The Balaban J connectivity index is 1.81. The maximum Gasteiger partial charge on any atom is 0.387 e. The predicted octanol–water partition coefficient (Wildman–Crippen LogP) is 4.26. The highest BCUT2D eigenvalue weighted by Crippen LogP contribution is 2.44. The number of aromatic nitrogens is 4. The van der Waals surface area contributed by atoms with E-state index in [0.717, 1.165) is 12.8 Å². The lowest BCUT2D eigenvalue weighted by atomic mass is 9.95.